The highest BCUT2D eigenvalue weighted by Gasteiger charge is 2.12. The molecule has 0 saturated carbocycles. The standard InChI is InChI=1S/C23H19N3O2/c1-2-17-9-8-12-19(15-17)26-22(27)16-24-23(28)20-13-6-7-14-21(20)25-18-10-4-3-5-11-18/h1,3-15,25H,16H2,(H,24,28)(H,26,27). The van der Waals surface area contributed by atoms with Gasteiger partial charge in [0.1, 0.15) is 0 Å². The first-order valence-corrected chi connectivity index (χ1v) is 8.71. The molecular weight excluding hydrogens is 350 g/mol. The van der Waals surface area contributed by atoms with Gasteiger partial charge in [-0.25, -0.2) is 0 Å². The lowest BCUT2D eigenvalue weighted by Crippen LogP contribution is -2.33. The average Bonchev–Trinajstić information content (AvgIpc) is 2.73. The summed E-state index contributed by atoms with van der Waals surface area (Å²) in [5.74, 6) is 1.83. The predicted octanol–water partition coefficient (Wildman–Crippen LogP) is 3.78. The summed E-state index contributed by atoms with van der Waals surface area (Å²) in [5.41, 5.74) is 3.24. The Balaban J connectivity index is 1.62. The summed E-state index contributed by atoms with van der Waals surface area (Å²) in [6.07, 6.45) is 5.36. The van der Waals surface area contributed by atoms with Crippen molar-refractivity contribution in [2.24, 2.45) is 0 Å². The van der Waals surface area contributed by atoms with Gasteiger partial charge in [0.05, 0.1) is 17.8 Å². The molecule has 0 aliphatic carbocycles. The minimum atomic E-state index is -0.341. The zero-order valence-electron chi connectivity index (χ0n) is 15.1. The molecule has 0 atom stereocenters. The van der Waals surface area contributed by atoms with E-state index in [0.29, 0.717) is 22.5 Å². The van der Waals surface area contributed by atoms with Crippen LogP contribution in [-0.2, 0) is 4.79 Å². The van der Waals surface area contributed by atoms with Crippen LogP contribution in [0.5, 0.6) is 0 Å². The molecule has 5 heteroatoms. The number of rotatable bonds is 6. The Bertz CT molecular complexity index is 1020. The van der Waals surface area contributed by atoms with E-state index >= 15 is 0 Å². The molecule has 0 heterocycles. The lowest BCUT2D eigenvalue weighted by molar-refractivity contribution is -0.115. The third kappa shape index (κ3) is 4.99. The lowest BCUT2D eigenvalue weighted by Gasteiger charge is -2.12. The van der Waals surface area contributed by atoms with Gasteiger partial charge in [-0.05, 0) is 42.5 Å². The van der Waals surface area contributed by atoms with E-state index in [1.807, 2.05) is 42.5 Å². The van der Waals surface area contributed by atoms with Gasteiger partial charge in [0.2, 0.25) is 5.91 Å². The molecule has 0 fully saturated rings. The highest BCUT2D eigenvalue weighted by molar-refractivity contribution is 6.03. The summed E-state index contributed by atoms with van der Waals surface area (Å²) >= 11 is 0. The number of hydrogen-bond acceptors (Lipinski definition) is 3. The quantitative estimate of drug-likeness (QED) is 0.579. The Morgan fingerprint density at radius 3 is 2.36 bits per heavy atom. The van der Waals surface area contributed by atoms with Crippen molar-refractivity contribution in [3.8, 4) is 12.3 Å². The third-order valence-electron chi connectivity index (χ3n) is 3.95. The van der Waals surface area contributed by atoms with Gasteiger partial charge < -0.3 is 16.0 Å². The molecule has 0 saturated heterocycles. The Hall–Kier alpha value is -4.04. The largest absolute Gasteiger partial charge is 0.355 e. The number of para-hydroxylation sites is 2. The van der Waals surface area contributed by atoms with Crippen LogP contribution in [0.25, 0.3) is 0 Å². The second-order valence-corrected chi connectivity index (χ2v) is 5.99. The Kier molecular flexibility index (Phi) is 6.06. The fourth-order valence-corrected chi connectivity index (χ4v) is 2.61. The van der Waals surface area contributed by atoms with Gasteiger partial charge >= 0.3 is 0 Å². The second kappa shape index (κ2) is 9.06. The van der Waals surface area contributed by atoms with Crippen molar-refractivity contribution < 1.29 is 9.59 Å². The maximum atomic E-state index is 12.6. The van der Waals surface area contributed by atoms with Crippen molar-refractivity contribution >= 4 is 28.9 Å². The van der Waals surface area contributed by atoms with Gasteiger partial charge in [0.25, 0.3) is 5.91 Å². The molecule has 3 aromatic carbocycles. The van der Waals surface area contributed by atoms with E-state index in [-0.39, 0.29) is 18.4 Å². The van der Waals surface area contributed by atoms with Gasteiger partial charge in [-0.3, -0.25) is 9.59 Å². The van der Waals surface area contributed by atoms with E-state index in [1.165, 1.54) is 0 Å². The summed E-state index contributed by atoms with van der Waals surface area (Å²) < 4.78 is 0. The van der Waals surface area contributed by atoms with Crippen molar-refractivity contribution in [2.45, 2.75) is 0 Å². The Morgan fingerprint density at radius 1 is 0.857 bits per heavy atom. The van der Waals surface area contributed by atoms with Gasteiger partial charge in [0, 0.05) is 16.9 Å². The molecule has 138 valence electrons. The molecule has 0 aliphatic heterocycles. The highest BCUT2D eigenvalue weighted by atomic mass is 16.2. The maximum absolute atomic E-state index is 12.6. The fraction of sp³-hybridized carbons (Fsp3) is 0.0435. The minimum absolute atomic E-state index is 0.154. The number of hydrogen-bond donors (Lipinski definition) is 3. The third-order valence-corrected chi connectivity index (χ3v) is 3.95. The van der Waals surface area contributed by atoms with E-state index in [1.54, 1.807) is 36.4 Å². The molecule has 0 spiro atoms. The van der Waals surface area contributed by atoms with Gasteiger partial charge in [-0.1, -0.05) is 42.3 Å². The van der Waals surface area contributed by atoms with Gasteiger partial charge in [-0.2, -0.15) is 0 Å². The maximum Gasteiger partial charge on any atom is 0.253 e. The molecule has 0 aromatic heterocycles. The van der Waals surface area contributed by atoms with Gasteiger partial charge in [-0.15, -0.1) is 6.42 Å². The molecule has 0 radical (unpaired) electrons. The van der Waals surface area contributed by atoms with Crippen LogP contribution >= 0.6 is 0 Å². The number of nitrogens with one attached hydrogen (secondary N) is 3. The second-order valence-electron chi connectivity index (χ2n) is 5.99. The SMILES string of the molecule is C#Cc1cccc(NC(=O)CNC(=O)c2ccccc2Nc2ccccc2)c1. The van der Waals surface area contributed by atoms with Crippen molar-refractivity contribution in [3.63, 3.8) is 0 Å². The lowest BCUT2D eigenvalue weighted by atomic mass is 10.1. The number of terminal acetylenes is 1. The Morgan fingerprint density at radius 2 is 1.57 bits per heavy atom. The summed E-state index contributed by atoms with van der Waals surface area (Å²) in [5, 5.41) is 8.57. The smallest absolute Gasteiger partial charge is 0.253 e. The first-order chi connectivity index (χ1) is 13.7. The summed E-state index contributed by atoms with van der Waals surface area (Å²) in [6, 6.07) is 23.6. The monoisotopic (exact) mass is 369 g/mol. The van der Waals surface area contributed by atoms with Crippen LogP contribution in [0.2, 0.25) is 0 Å². The van der Waals surface area contributed by atoms with E-state index < -0.39 is 0 Å². The van der Waals surface area contributed by atoms with Crippen molar-refractivity contribution in [1.82, 2.24) is 5.32 Å². The van der Waals surface area contributed by atoms with Crippen molar-refractivity contribution in [3.05, 3.63) is 90.0 Å². The molecule has 0 bridgehead atoms. The van der Waals surface area contributed by atoms with Crippen LogP contribution in [0.3, 0.4) is 0 Å². The Labute approximate surface area is 163 Å². The number of carbonyl (C=O) groups excluding carboxylic acids is 2. The van der Waals surface area contributed by atoms with Crippen molar-refractivity contribution in [1.29, 1.82) is 0 Å². The molecule has 28 heavy (non-hydrogen) atoms. The van der Waals surface area contributed by atoms with E-state index in [0.717, 1.165) is 5.69 Å². The zero-order valence-corrected chi connectivity index (χ0v) is 15.1. The number of benzene rings is 3. The van der Waals surface area contributed by atoms with Crippen LogP contribution in [-0.4, -0.2) is 18.4 Å². The summed E-state index contributed by atoms with van der Waals surface area (Å²) in [4.78, 5) is 24.7. The van der Waals surface area contributed by atoms with Crippen LogP contribution < -0.4 is 16.0 Å². The average molecular weight is 369 g/mol. The van der Waals surface area contributed by atoms with Crippen LogP contribution in [0.15, 0.2) is 78.9 Å². The first kappa shape index (κ1) is 18.7. The first-order valence-electron chi connectivity index (χ1n) is 8.71. The highest BCUT2D eigenvalue weighted by Crippen LogP contribution is 2.20. The van der Waals surface area contributed by atoms with Gasteiger partial charge in [0.15, 0.2) is 0 Å². The topological polar surface area (TPSA) is 70.2 Å². The molecule has 5 nitrogen and oxygen atoms in total. The summed E-state index contributed by atoms with van der Waals surface area (Å²) in [6.45, 7) is -0.154. The van der Waals surface area contributed by atoms with Crippen molar-refractivity contribution in [2.75, 3.05) is 17.2 Å². The van der Waals surface area contributed by atoms with E-state index in [2.05, 4.69) is 21.9 Å². The molecule has 0 aliphatic rings. The zero-order chi connectivity index (χ0) is 19.8. The molecule has 3 N–H and O–H groups in total. The predicted molar refractivity (Wildman–Crippen MR) is 112 cm³/mol. The molecular formula is C23H19N3O2. The normalized spacial score (nSPS) is 9.82. The minimum Gasteiger partial charge on any atom is -0.355 e. The number of amides is 2. The van der Waals surface area contributed by atoms with Crippen LogP contribution in [0.4, 0.5) is 17.1 Å². The van der Waals surface area contributed by atoms with Crippen LogP contribution in [0, 0.1) is 12.3 Å². The molecule has 3 rings (SSSR count). The van der Waals surface area contributed by atoms with E-state index in [9.17, 15) is 9.59 Å². The molecule has 3 aromatic rings. The fourth-order valence-electron chi connectivity index (χ4n) is 2.61. The number of anilines is 3. The van der Waals surface area contributed by atoms with E-state index in [4.69, 9.17) is 6.42 Å². The van der Waals surface area contributed by atoms with Crippen LogP contribution in [0.1, 0.15) is 15.9 Å². The molecule has 0 unspecified atom stereocenters. The molecule has 2 amide bonds. The number of carbonyl (C=O) groups is 2. The summed E-state index contributed by atoms with van der Waals surface area (Å²) in [7, 11) is 0.